The molecule has 5 aliphatic rings. The predicted molar refractivity (Wildman–Crippen MR) is 181 cm³/mol. The summed E-state index contributed by atoms with van der Waals surface area (Å²) in [6, 6.07) is 4.23. The zero-order chi connectivity index (χ0) is 37.1. The number of nitrogens with zero attached hydrogens (tertiary/aromatic N) is 1. The number of phenols is 2. The zero-order valence-corrected chi connectivity index (χ0v) is 29.9. The fraction of sp³-hybridized carbons (Fsp3) is 0.556. The SMILES string of the molecule is COc1cccc2c1C(=O)c1c(O)c3c(c(O)c1C2=O)C[C@@](O)(C(=O)COC(=O)CCSC)C[C@@H]3O[C@H]1C[C@@H]2[C@@H](O[C@@H]3[C@@H](OC)OCCN23)C(C)O1. The van der Waals surface area contributed by atoms with Crippen LogP contribution in [0.5, 0.6) is 17.2 Å². The van der Waals surface area contributed by atoms with Gasteiger partial charge in [0.15, 0.2) is 31.2 Å². The molecule has 2 aliphatic carbocycles. The van der Waals surface area contributed by atoms with Crippen molar-refractivity contribution in [2.75, 3.05) is 46.0 Å². The summed E-state index contributed by atoms with van der Waals surface area (Å²) in [6.45, 7) is 2.03. The summed E-state index contributed by atoms with van der Waals surface area (Å²) in [6.07, 6.45) is -3.14. The lowest BCUT2D eigenvalue weighted by atomic mass is 9.72. The molecule has 16 heteroatoms. The van der Waals surface area contributed by atoms with Crippen molar-refractivity contribution < 1.29 is 67.7 Å². The number of aliphatic hydroxyl groups is 1. The van der Waals surface area contributed by atoms with E-state index in [4.69, 9.17) is 33.2 Å². The molecule has 2 aromatic carbocycles. The molecule has 1 unspecified atom stereocenters. The van der Waals surface area contributed by atoms with E-state index >= 15 is 0 Å². The number of Topliss-reactive ketones (excluding diaryl/α,β-unsaturated/α-hetero) is 1. The molecule has 0 aromatic heterocycles. The van der Waals surface area contributed by atoms with Crippen molar-refractivity contribution in [1.29, 1.82) is 0 Å². The highest BCUT2D eigenvalue weighted by Gasteiger charge is 2.55. The number of ketones is 3. The summed E-state index contributed by atoms with van der Waals surface area (Å²) in [5.74, 6) is -3.76. The molecular formula is C36H41NO14S. The Labute approximate surface area is 303 Å². The van der Waals surface area contributed by atoms with Crippen LogP contribution in [-0.4, -0.2) is 132 Å². The smallest absolute Gasteiger partial charge is 0.307 e. The van der Waals surface area contributed by atoms with Crippen LogP contribution in [0.25, 0.3) is 0 Å². The largest absolute Gasteiger partial charge is 0.507 e. The third-order valence-corrected chi connectivity index (χ3v) is 11.2. The van der Waals surface area contributed by atoms with Gasteiger partial charge in [0.05, 0.1) is 49.0 Å². The molecule has 3 heterocycles. The first kappa shape index (κ1) is 36.7. The maximum atomic E-state index is 14.0. The van der Waals surface area contributed by atoms with E-state index in [0.29, 0.717) is 18.9 Å². The Balaban J connectivity index is 1.27. The van der Waals surface area contributed by atoms with Gasteiger partial charge in [0, 0.05) is 61.4 Å². The van der Waals surface area contributed by atoms with Gasteiger partial charge in [-0.15, -0.1) is 0 Å². The van der Waals surface area contributed by atoms with Crippen molar-refractivity contribution in [3.63, 3.8) is 0 Å². The van der Waals surface area contributed by atoms with Crippen LogP contribution >= 0.6 is 11.8 Å². The lowest BCUT2D eigenvalue weighted by Gasteiger charge is -2.43. The van der Waals surface area contributed by atoms with Crippen LogP contribution in [0.3, 0.4) is 0 Å². The minimum absolute atomic E-state index is 0.0475. The second kappa shape index (κ2) is 14.3. The summed E-state index contributed by atoms with van der Waals surface area (Å²) in [7, 11) is 2.88. The van der Waals surface area contributed by atoms with Gasteiger partial charge in [0.1, 0.15) is 29.0 Å². The lowest BCUT2D eigenvalue weighted by Crippen LogP contribution is -2.55. The number of rotatable bonds is 10. The van der Waals surface area contributed by atoms with E-state index in [0.717, 1.165) is 0 Å². The predicted octanol–water partition coefficient (Wildman–Crippen LogP) is 2.02. The maximum Gasteiger partial charge on any atom is 0.307 e. The highest BCUT2D eigenvalue weighted by Crippen LogP contribution is 2.53. The summed E-state index contributed by atoms with van der Waals surface area (Å²) in [4.78, 5) is 56.0. The number of esters is 1. The number of phenolic OH excluding ortho intramolecular Hbond substituents is 2. The number of carbonyl (C=O) groups excluding carboxylic acids is 4. The van der Waals surface area contributed by atoms with Crippen molar-refractivity contribution in [2.45, 2.75) is 81.4 Å². The van der Waals surface area contributed by atoms with Crippen LogP contribution < -0.4 is 4.74 Å². The number of carbonyl (C=O) groups is 4. The average Bonchev–Trinajstić information content (AvgIpc) is 3.52. The van der Waals surface area contributed by atoms with Crippen molar-refractivity contribution >= 4 is 35.1 Å². The van der Waals surface area contributed by atoms with Gasteiger partial charge in [-0.3, -0.25) is 24.1 Å². The van der Waals surface area contributed by atoms with Gasteiger partial charge < -0.3 is 48.5 Å². The number of benzene rings is 2. The van der Waals surface area contributed by atoms with E-state index < -0.39 is 102 Å². The number of thioether (sulfide) groups is 1. The normalized spacial score (nSPS) is 30.8. The molecule has 3 saturated heterocycles. The highest BCUT2D eigenvalue weighted by atomic mass is 32.2. The molecule has 280 valence electrons. The molecule has 0 radical (unpaired) electrons. The van der Waals surface area contributed by atoms with Crippen LogP contribution in [0.4, 0.5) is 0 Å². The number of hydrogen-bond donors (Lipinski definition) is 3. The zero-order valence-electron chi connectivity index (χ0n) is 29.1. The van der Waals surface area contributed by atoms with Gasteiger partial charge in [-0.1, -0.05) is 12.1 Å². The van der Waals surface area contributed by atoms with E-state index in [1.54, 1.807) is 0 Å². The topological polar surface area (TPSA) is 197 Å². The first-order valence-corrected chi connectivity index (χ1v) is 18.5. The molecule has 15 nitrogen and oxygen atoms in total. The summed E-state index contributed by atoms with van der Waals surface area (Å²) >= 11 is 1.43. The van der Waals surface area contributed by atoms with E-state index in [1.807, 2.05) is 13.2 Å². The summed E-state index contributed by atoms with van der Waals surface area (Å²) in [5.41, 5.74) is -3.56. The standard InChI is InChI=1S/C36H41NO14S/c1-16-33-19(37-9-10-47-35(46-3)34(37)51-33)12-24(49-16)50-21-14-36(44,22(38)15-48-23(39)8-11-52-4)13-18-26(21)32(43)28-27(30(18)41)29(40)17-6-5-7-20(45-2)25(17)31(28)42/h5-7,16,19,21,24,33-35,41,43-44H,8-15H2,1-4H3/t16?,19-,21+,24+,33+,34-,35+,36+/m1/s1. The fourth-order valence-electron chi connectivity index (χ4n) is 8.08. The third-order valence-electron chi connectivity index (χ3n) is 10.6. The molecule has 52 heavy (non-hydrogen) atoms. The van der Waals surface area contributed by atoms with Crippen molar-refractivity contribution in [3.05, 3.63) is 51.6 Å². The number of fused-ring (bicyclic) bond motifs is 6. The fourth-order valence-corrected chi connectivity index (χ4v) is 8.45. The molecule has 7 rings (SSSR count). The van der Waals surface area contributed by atoms with Crippen LogP contribution in [0.15, 0.2) is 18.2 Å². The third kappa shape index (κ3) is 6.08. The second-order valence-corrected chi connectivity index (χ2v) is 14.5. The molecule has 2 aromatic rings. The molecule has 3 fully saturated rings. The number of morpholine rings is 1. The number of ether oxygens (including phenoxy) is 7. The first-order valence-electron chi connectivity index (χ1n) is 17.1. The Bertz CT molecular complexity index is 1800. The van der Waals surface area contributed by atoms with Gasteiger partial charge in [-0.05, 0) is 19.2 Å². The van der Waals surface area contributed by atoms with E-state index in [2.05, 4.69) is 4.90 Å². The molecule has 0 saturated carbocycles. The first-order chi connectivity index (χ1) is 24.9. The Morgan fingerprint density at radius 1 is 1.08 bits per heavy atom. The van der Waals surface area contributed by atoms with Gasteiger partial charge in [0.25, 0.3) is 0 Å². The lowest BCUT2D eigenvalue weighted by molar-refractivity contribution is -0.256. The van der Waals surface area contributed by atoms with E-state index in [1.165, 1.54) is 44.2 Å². The Morgan fingerprint density at radius 2 is 1.85 bits per heavy atom. The Kier molecular flexibility index (Phi) is 10.1. The van der Waals surface area contributed by atoms with Crippen LogP contribution in [-0.2, 0) is 44.4 Å². The minimum Gasteiger partial charge on any atom is -0.507 e. The van der Waals surface area contributed by atoms with Crippen molar-refractivity contribution in [3.8, 4) is 17.2 Å². The molecule has 3 N–H and O–H groups in total. The molecule has 8 atom stereocenters. The quantitative estimate of drug-likeness (QED) is 0.201. The van der Waals surface area contributed by atoms with Gasteiger partial charge in [-0.25, -0.2) is 0 Å². The minimum atomic E-state index is -2.28. The van der Waals surface area contributed by atoms with Gasteiger partial charge in [-0.2, -0.15) is 11.8 Å². The Hall–Kier alpha value is -3.61. The van der Waals surface area contributed by atoms with Crippen molar-refractivity contribution in [1.82, 2.24) is 4.90 Å². The molecular weight excluding hydrogens is 702 g/mol. The van der Waals surface area contributed by atoms with E-state index in [9.17, 15) is 34.5 Å². The van der Waals surface area contributed by atoms with Gasteiger partial charge >= 0.3 is 5.97 Å². The second-order valence-electron chi connectivity index (χ2n) is 13.5. The monoisotopic (exact) mass is 743 g/mol. The number of hydrogen-bond acceptors (Lipinski definition) is 16. The van der Waals surface area contributed by atoms with Crippen molar-refractivity contribution in [2.24, 2.45) is 0 Å². The van der Waals surface area contributed by atoms with Crippen LogP contribution in [0, 0.1) is 0 Å². The molecule has 3 aliphatic heterocycles. The summed E-state index contributed by atoms with van der Waals surface area (Å²) in [5, 5.41) is 35.7. The Morgan fingerprint density at radius 3 is 2.58 bits per heavy atom. The number of methoxy groups -OCH3 is 2. The van der Waals surface area contributed by atoms with Gasteiger partial charge in [0.2, 0.25) is 11.6 Å². The highest BCUT2D eigenvalue weighted by molar-refractivity contribution is 7.98. The molecule has 0 bridgehead atoms. The van der Waals surface area contributed by atoms with Crippen LogP contribution in [0.1, 0.15) is 75.3 Å². The summed E-state index contributed by atoms with van der Waals surface area (Å²) < 4.78 is 40.8. The molecule has 0 spiro atoms. The van der Waals surface area contributed by atoms with Crippen LogP contribution in [0.2, 0.25) is 0 Å². The van der Waals surface area contributed by atoms with E-state index in [-0.39, 0.29) is 53.0 Å². The average molecular weight is 744 g/mol. The maximum absolute atomic E-state index is 14.0. The molecule has 0 amide bonds. The number of aromatic hydroxyl groups is 2.